The first kappa shape index (κ1) is 22.0. The molecule has 3 aromatic carbocycles. The van der Waals surface area contributed by atoms with Crippen molar-refractivity contribution >= 4 is 22.9 Å². The lowest BCUT2D eigenvalue weighted by Gasteiger charge is -2.37. The van der Waals surface area contributed by atoms with E-state index in [4.69, 9.17) is 21.7 Å². The van der Waals surface area contributed by atoms with Crippen molar-refractivity contribution in [3.63, 3.8) is 0 Å². The lowest BCUT2D eigenvalue weighted by molar-refractivity contribution is 0.395. The van der Waals surface area contributed by atoms with Gasteiger partial charge in [0.15, 0.2) is 5.11 Å². The van der Waals surface area contributed by atoms with E-state index in [9.17, 15) is 4.39 Å². The topological polar surface area (TPSA) is 54.2 Å². The molecule has 5 nitrogen and oxygen atoms in total. The molecule has 0 amide bonds. The summed E-state index contributed by atoms with van der Waals surface area (Å²) in [6.45, 7) is 4.27. The zero-order valence-electron chi connectivity index (χ0n) is 18.8. The van der Waals surface area contributed by atoms with Crippen LogP contribution in [0.5, 0.6) is 0 Å². The van der Waals surface area contributed by atoms with Gasteiger partial charge in [0, 0.05) is 16.8 Å². The van der Waals surface area contributed by atoms with Gasteiger partial charge in [-0.1, -0.05) is 83.5 Å². The van der Waals surface area contributed by atoms with Crippen LogP contribution in [0.15, 0.2) is 89.1 Å². The summed E-state index contributed by atoms with van der Waals surface area (Å²) in [5.41, 5.74) is 5.23. The number of thiocarbonyl (C=S) groups is 1. The van der Waals surface area contributed by atoms with E-state index in [0.29, 0.717) is 22.4 Å². The molecule has 1 unspecified atom stereocenters. The van der Waals surface area contributed by atoms with Crippen LogP contribution in [0.2, 0.25) is 0 Å². The van der Waals surface area contributed by atoms with Crippen LogP contribution < -0.4 is 5.32 Å². The van der Waals surface area contributed by atoms with Gasteiger partial charge in [0.1, 0.15) is 5.82 Å². The molecule has 0 radical (unpaired) electrons. The van der Waals surface area contributed by atoms with E-state index < -0.39 is 0 Å². The first-order valence-corrected chi connectivity index (χ1v) is 11.4. The van der Waals surface area contributed by atoms with Crippen LogP contribution in [0.25, 0.3) is 17.0 Å². The van der Waals surface area contributed by atoms with E-state index in [2.05, 4.69) is 10.5 Å². The van der Waals surface area contributed by atoms with Crippen LogP contribution in [0.1, 0.15) is 35.5 Å². The maximum absolute atomic E-state index is 14.4. The maximum atomic E-state index is 14.4. The first-order chi connectivity index (χ1) is 16.5. The van der Waals surface area contributed by atoms with E-state index in [-0.39, 0.29) is 18.4 Å². The molecule has 4 aromatic rings. The summed E-state index contributed by atoms with van der Waals surface area (Å²) in [6, 6.07) is 24.4. The molecule has 5 rings (SSSR count). The van der Waals surface area contributed by atoms with Crippen molar-refractivity contribution in [3.05, 3.63) is 113 Å². The summed E-state index contributed by atoms with van der Waals surface area (Å²) in [5, 5.41) is 8.15. The highest BCUT2D eigenvalue weighted by Crippen LogP contribution is 2.38. The third kappa shape index (κ3) is 4.22. The summed E-state index contributed by atoms with van der Waals surface area (Å²) in [4.78, 5) is 6.60. The molecular weight excluding hydrogens is 447 g/mol. The minimum Gasteiger partial charge on any atom is -0.351 e. The number of nitrogens with one attached hydrogen (secondary N) is 1. The van der Waals surface area contributed by atoms with Crippen LogP contribution in [-0.4, -0.2) is 20.2 Å². The molecular formula is C27H23FN4OS. The molecule has 7 heteroatoms. The van der Waals surface area contributed by atoms with Gasteiger partial charge < -0.3 is 14.7 Å². The second kappa shape index (κ2) is 9.19. The van der Waals surface area contributed by atoms with E-state index >= 15 is 0 Å². The third-order valence-corrected chi connectivity index (χ3v) is 6.32. The number of halogens is 1. The Morgan fingerprint density at radius 3 is 2.41 bits per heavy atom. The number of allylic oxidation sites excluding steroid dienone is 1. The molecule has 1 aliphatic heterocycles. The highest BCUT2D eigenvalue weighted by atomic mass is 32.1. The number of benzene rings is 3. The van der Waals surface area contributed by atoms with E-state index in [0.717, 1.165) is 28.0 Å². The fraction of sp³-hybridized carbons (Fsp3) is 0.148. The van der Waals surface area contributed by atoms with Gasteiger partial charge in [-0.25, -0.2) is 4.39 Å². The summed E-state index contributed by atoms with van der Waals surface area (Å²) >= 11 is 5.71. The van der Waals surface area contributed by atoms with Crippen LogP contribution in [0, 0.1) is 12.7 Å². The Balaban J connectivity index is 1.60. The largest absolute Gasteiger partial charge is 0.351 e. The summed E-state index contributed by atoms with van der Waals surface area (Å²) < 4.78 is 20.2. The number of hydrogen-bond acceptors (Lipinski definition) is 4. The Labute approximate surface area is 202 Å². The highest BCUT2D eigenvalue weighted by Gasteiger charge is 2.34. The molecule has 34 heavy (non-hydrogen) atoms. The Bertz CT molecular complexity index is 1360. The van der Waals surface area contributed by atoms with Gasteiger partial charge in [-0.2, -0.15) is 4.98 Å². The van der Waals surface area contributed by atoms with Gasteiger partial charge in [-0.05, 0) is 37.7 Å². The minimum absolute atomic E-state index is 0.274. The average molecular weight is 471 g/mol. The normalized spacial score (nSPS) is 16.0. The molecule has 0 spiro atoms. The summed E-state index contributed by atoms with van der Waals surface area (Å²) in [5.74, 6) is 0.635. The number of rotatable bonds is 5. The van der Waals surface area contributed by atoms with Gasteiger partial charge in [-0.3, -0.25) is 0 Å². The fourth-order valence-corrected chi connectivity index (χ4v) is 4.41. The predicted molar refractivity (Wildman–Crippen MR) is 134 cm³/mol. The maximum Gasteiger partial charge on any atom is 0.258 e. The van der Waals surface area contributed by atoms with E-state index in [1.54, 1.807) is 12.1 Å². The van der Waals surface area contributed by atoms with Gasteiger partial charge in [-0.15, -0.1) is 0 Å². The lowest BCUT2D eigenvalue weighted by atomic mass is 9.94. The van der Waals surface area contributed by atoms with Gasteiger partial charge in [0.05, 0.1) is 18.2 Å². The molecule has 0 fully saturated rings. The van der Waals surface area contributed by atoms with Crippen LogP contribution in [-0.2, 0) is 6.54 Å². The van der Waals surface area contributed by atoms with Crippen molar-refractivity contribution in [2.45, 2.75) is 26.4 Å². The van der Waals surface area contributed by atoms with E-state index in [1.807, 2.05) is 79.4 Å². The number of nitrogens with zero attached hydrogens (tertiary/aromatic N) is 3. The molecule has 0 saturated heterocycles. The molecule has 170 valence electrons. The van der Waals surface area contributed by atoms with Crippen molar-refractivity contribution in [3.8, 4) is 11.4 Å². The summed E-state index contributed by atoms with van der Waals surface area (Å²) in [7, 11) is 0. The quantitative estimate of drug-likeness (QED) is 0.359. The minimum atomic E-state index is -0.281. The second-order valence-corrected chi connectivity index (χ2v) is 8.65. The second-order valence-electron chi connectivity index (χ2n) is 8.26. The molecule has 0 aliphatic carbocycles. The number of aryl methyl sites for hydroxylation is 1. The zero-order valence-corrected chi connectivity index (χ0v) is 19.6. The highest BCUT2D eigenvalue weighted by molar-refractivity contribution is 7.80. The Hall–Kier alpha value is -3.84. The third-order valence-electron chi connectivity index (χ3n) is 5.98. The molecule has 1 aromatic heterocycles. The van der Waals surface area contributed by atoms with Gasteiger partial charge in [0.25, 0.3) is 5.89 Å². The van der Waals surface area contributed by atoms with Gasteiger partial charge in [0.2, 0.25) is 5.82 Å². The molecule has 1 aliphatic rings. The fourth-order valence-electron chi connectivity index (χ4n) is 4.09. The molecule has 1 N–H and O–H groups in total. The molecule has 0 bridgehead atoms. The first-order valence-electron chi connectivity index (χ1n) is 11.0. The predicted octanol–water partition coefficient (Wildman–Crippen LogP) is 6.05. The van der Waals surface area contributed by atoms with Crippen molar-refractivity contribution in [1.82, 2.24) is 20.4 Å². The van der Waals surface area contributed by atoms with Gasteiger partial charge >= 0.3 is 0 Å². The molecule has 1 atom stereocenters. The smallest absolute Gasteiger partial charge is 0.258 e. The van der Waals surface area contributed by atoms with Crippen LogP contribution in [0.4, 0.5) is 4.39 Å². The number of hydrogen-bond donors (Lipinski definition) is 1. The van der Waals surface area contributed by atoms with Crippen LogP contribution in [0.3, 0.4) is 0 Å². The van der Waals surface area contributed by atoms with Crippen molar-refractivity contribution in [2.24, 2.45) is 0 Å². The Morgan fingerprint density at radius 1 is 0.971 bits per heavy atom. The lowest BCUT2D eigenvalue weighted by Crippen LogP contribution is -2.45. The number of aromatic nitrogens is 2. The average Bonchev–Trinajstić information content (AvgIpc) is 3.33. The Morgan fingerprint density at radius 2 is 1.68 bits per heavy atom. The van der Waals surface area contributed by atoms with Crippen molar-refractivity contribution in [2.75, 3.05) is 0 Å². The van der Waals surface area contributed by atoms with Crippen molar-refractivity contribution < 1.29 is 8.91 Å². The zero-order chi connectivity index (χ0) is 23.7. The van der Waals surface area contributed by atoms with Crippen molar-refractivity contribution in [1.29, 1.82) is 0 Å². The molecule has 2 heterocycles. The standard InChI is InChI=1S/C27H23FN4OS/c1-17-12-14-20(15-13-17)25-30-26(33-31-25)23-18(2)32(16-21-10-6-7-11-22(21)28)27(34)29-24(23)19-8-4-3-5-9-19/h3-15,24H,16H2,1-2H3,(H,29,34). The monoisotopic (exact) mass is 470 g/mol. The Kier molecular flexibility index (Phi) is 5.94. The summed E-state index contributed by atoms with van der Waals surface area (Å²) in [6.07, 6.45) is 0. The molecule has 0 saturated carbocycles. The SMILES string of the molecule is CC1=C(c2nc(-c3ccc(C)cc3)no2)C(c2ccccc2)NC(=S)N1Cc1ccccc1F. The van der Waals surface area contributed by atoms with Crippen LogP contribution >= 0.6 is 12.2 Å². The van der Waals surface area contributed by atoms with E-state index in [1.165, 1.54) is 6.07 Å².